The average molecular weight is 277 g/mol. The molecule has 0 bridgehead atoms. The highest BCUT2D eigenvalue weighted by atomic mass is 19.4. The molecule has 2 rings (SSSR count). The minimum atomic E-state index is -4.81. The van der Waals surface area contributed by atoms with E-state index in [-0.39, 0.29) is 0 Å². The summed E-state index contributed by atoms with van der Waals surface area (Å²) in [5, 5.41) is 8.95. The molecule has 1 amide bonds. The molecule has 0 radical (unpaired) electrons. The molecule has 1 aromatic rings. The van der Waals surface area contributed by atoms with E-state index in [1.807, 2.05) is 0 Å². The number of imidazole rings is 1. The molecule has 2 heterocycles. The lowest BCUT2D eigenvalue weighted by Crippen LogP contribution is -2.42. The lowest BCUT2D eigenvalue weighted by molar-refractivity contribution is -0.146. The Morgan fingerprint density at radius 2 is 1.89 bits per heavy atom. The third kappa shape index (κ3) is 2.15. The summed E-state index contributed by atoms with van der Waals surface area (Å²) in [7, 11) is 0.923. The number of rotatable bonds is 2. The molecular formula is C10H10F3N3O3. The van der Waals surface area contributed by atoms with Gasteiger partial charge in [0.25, 0.3) is 5.91 Å². The van der Waals surface area contributed by atoms with Gasteiger partial charge in [0.05, 0.1) is 0 Å². The summed E-state index contributed by atoms with van der Waals surface area (Å²) < 4.78 is 38.4. The van der Waals surface area contributed by atoms with Crippen LogP contribution >= 0.6 is 0 Å². The van der Waals surface area contributed by atoms with Crippen molar-refractivity contribution >= 4 is 11.9 Å². The van der Waals surface area contributed by atoms with E-state index in [1.54, 1.807) is 0 Å². The first-order chi connectivity index (χ1) is 8.73. The van der Waals surface area contributed by atoms with Crippen molar-refractivity contribution in [3.8, 4) is 0 Å². The molecule has 0 saturated carbocycles. The third-order valence-corrected chi connectivity index (χ3v) is 2.90. The maximum Gasteiger partial charge on any atom is 0.449 e. The maximum atomic E-state index is 12.7. The smallest absolute Gasteiger partial charge is 0.449 e. The maximum absolute atomic E-state index is 12.7. The SMILES string of the molecule is Cn1c(C(F)(F)F)nc(C(=O)N2CCC2)c1C(=O)O. The number of aromatic nitrogens is 2. The number of nitrogens with zero attached hydrogens (tertiary/aromatic N) is 3. The van der Waals surface area contributed by atoms with Gasteiger partial charge in [0.2, 0.25) is 5.82 Å². The molecule has 0 unspecified atom stereocenters. The van der Waals surface area contributed by atoms with E-state index >= 15 is 0 Å². The minimum Gasteiger partial charge on any atom is -0.477 e. The van der Waals surface area contributed by atoms with Gasteiger partial charge in [-0.15, -0.1) is 0 Å². The molecule has 104 valence electrons. The number of carbonyl (C=O) groups excluding carboxylic acids is 1. The molecule has 1 N–H and O–H groups in total. The predicted octanol–water partition coefficient (Wildman–Crippen LogP) is 0.983. The molecule has 0 spiro atoms. The summed E-state index contributed by atoms with van der Waals surface area (Å²) >= 11 is 0. The molecule has 0 atom stereocenters. The van der Waals surface area contributed by atoms with E-state index in [0.29, 0.717) is 17.7 Å². The second-order valence-electron chi connectivity index (χ2n) is 4.14. The number of amides is 1. The van der Waals surface area contributed by atoms with Crippen LogP contribution in [0.1, 0.15) is 33.2 Å². The van der Waals surface area contributed by atoms with Gasteiger partial charge in [0.15, 0.2) is 11.4 Å². The number of carboxylic acid groups (broad SMARTS) is 1. The van der Waals surface area contributed by atoms with Crippen molar-refractivity contribution in [3.05, 3.63) is 17.2 Å². The Balaban J connectivity index is 2.53. The molecule has 1 aliphatic rings. The summed E-state index contributed by atoms with van der Waals surface area (Å²) in [6.07, 6.45) is -4.07. The van der Waals surface area contributed by atoms with Gasteiger partial charge in [-0.25, -0.2) is 9.78 Å². The first-order valence-corrected chi connectivity index (χ1v) is 5.40. The third-order valence-electron chi connectivity index (χ3n) is 2.90. The standard InChI is InChI=1S/C10H10F3N3O3/c1-15-6(8(18)19)5(7(17)16-3-2-4-16)14-9(15)10(11,12)13/h2-4H2,1H3,(H,18,19). The fourth-order valence-corrected chi connectivity index (χ4v) is 1.82. The van der Waals surface area contributed by atoms with Gasteiger partial charge in [-0.1, -0.05) is 0 Å². The van der Waals surface area contributed by atoms with Gasteiger partial charge in [-0.2, -0.15) is 13.2 Å². The predicted molar refractivity (Wildman–Crippen MR) is 55.7 cm³/mol. The summed E-state index contributed by atoms with van der Waals surface area (Å²) in [4.78, 5) is 27.3. The van der Waals surface area contributed by atoms with Gasteiger partial charge < -0.3 is 14.6 Å². The number of hydrogen-bond donors (Lipinski definition) is 1. The van der Waals surface area contributed by atoms with E-state index in [0.717, 1.165) is 13.5 Å². The largest absolute Gasteiger partial charge is 0.477 e. The van der Waals surface area contributed by atoms with Crippen LogP contribution in [0, 0.1) is 0 Å². The lowest BCUT2D eigenvalue weighted by Gasteiger charge is -2.30. The Bertz CT molecular complexity index is 546. The highest BCUT2D eigenvalue weighted by molar-refractivity contribution is 6.02. The molecule has 1 saturated heterocycles. The van der Waals surface area contributed by atoms with Crippen molar-refractivity contribution < 1.29 is 27.9 Å². The van der Waals surface area contributed by atoms with Crippen molar-refractivity contribution in [2.24, 2.45) is 7.05 Å². The zero-order chi connectivity index (χ0) is 14.4. The summed E-state index contributed by atoms with van der Waals surface area (Å²) in [5.41, 5.74) is -1.41. The van der Waals surface area contributed by atoms with Gasteiger partial charge >= 0.3 is 12.1 Å². The number of halogens is 3. The first kappa shape index (κ1) is 13.4. The summed E-state index contributed by atoms with van der Waals surface area (Å²) in [6, 6.07) is 0. The first-order valence-electron chi connectivity index (χ1n) is 5.40. The van der Waals surface area contributed by atoms with E-state index in [9.17, 15) is 22.8 Å². The van der Waals surface area contributed by atoms with Gasteiger partial charge in [0.1, 0.15) is 0 Å². The fraction of sp³-hybridized carbons (Fsp3) is 0.500. The van der Waals surface area contributed by atoms with Gasteiger partial charge in [-0.05, 0) is 6.42 Å². The average Bonchev–Trinajstić information content (AvgIpc) is 2.52. The van der Waals surface area contributed by atoms with Crippen molar-refractivity contribution in [3.63, 3.8) is 0 Å². The fourth-order valence-electron chi connectivity index (χ4n) is 1.82. The molecule has 9 heteroatoms. The highest BCUT2D eigenvalue weighted by Crippen LogP contribution is 2.30. The monoisotopic (exact) mass is 277 g/mol. The van der Waals surface area contributed by atoms with Crippen LogP contribution in [0.15, 0.2) is 0 Å². The number of likely N-dealkylation sites (tertiary alicyclic amines) is 1. The Morgan fingerprint density at radius 3 is 2.26 bits per heavy atom. The molecule has 0 aliphatic carbocycles. The van der Waals surface area contributed by atoms with Crippen LogP contribution in [0.5, 0.6) is 0 Å². The number of carbonyl (C=O) groups is 2. The second-order valence-corrected chi connectivity index (χ2v) is 4.14. The molecular weight excluding hydrogens is 267 g/mol. The van der Waals surface area contributed by atoms with Gasteiger partial charge in [-0.3, -0.25) is 4.79 Å². The summed E-state index contributed by atoms with van der Waals surface area (Å²) in [5.74, 6) is -3.79. The van der Waals surface area contributed by atoms with Crippen LogP contribution in [0.2, 0.25) is 0 Å². The van der Waals surface area contributed by atoms with Crippen molar-refractivity contribution in [2.45, 2.75) is 12.6 Å². The molecule has 0 aromatic carbocycles. The van der Waals surface area contributed by atoms with Crippen LogP contribution in [0.25, 0.3) is 0 Å². The molecule has 6 nitrogen and oxygen atoms in total. The van der Waals surface area contributed by atoms with E-state index in [2.05, 4.69) is 4.98 Å². The lowest BCUT2D eigenvalue weighted by atomic mass is 10.2. The zero-order valence-electron chi connectivity index (χ0n) is 9.86. The van der Waals surface area contributed by atoms with E-state index in [1.165, 1.54) is 4.90 Å². The normalized spacial score (nSPS) is 15.3. The van der Waals surface area contributed by atoms with Crippen LogP contribution < -0.4 is 0 Å². The Labute approximate surface area is 105 Å². The van der Waals surface area contributed by atoms with E-state index in [4.69, 9.17) is 5.11 Å². The molecule has 1 aliphatic heterocycles. The van der Waals surface area contributed by atoms with E-state index < -0.39 is 35.3 Å². The van der Waals surface area contributed by atoms with Crippen molar-refractivity contribution in [1.82, 2.24) is 14.5 Å². The number of aromatic carboxylic acids is 1. The van der Waals surface area contributed by atoms with Crippen LogP contribution in [0.3, 0.4) is 0 Å². The Hall–Kier alpha value is -2.06. The zero-order valence-corrected chi connectivity index (χ0v) is 9.86. The number of hydrogen-bond acceptors (Lipinski definition) is 3. The number of alkyl halides is 3. The topological polar surface area (TPSA) is 75.4 Å². The Morgan fingerprint density at radius 1 is 1.32 bits per heavy atom. The summed E-state index contributed by atoms with van der Waals surface area (Å²) in [6.45, 7) is 0.797. The van der Waals surface area contributed by atoms with Crippen LogP contribution in [0.4, 0.5) is 13.2 Å². The van der Waals surface area contributed by atoms with Crippen molar-refractivity contribution in [1.29, 1.82) is 0 Å². The molecule has 1 aromatic heterocycles. The quantitative estimate of drug-likeness (QED) is 0.874. The van der Waals surface area contributed by atoms with Crippen LogP contribution in [-0.4, -0.2) is 44.5 Å². The second kappa shape index (κ2) is 4.25. The highest BCUT2D eigenvalue weighted by Gasteiger charge is 2.41. The number of carboxylic acids is 1. The minimum absolute atomic E-state index is 0.384. The Kier molecular flexibility index (Phi) is 2.99. The molecule has 1 fully saturated rings. The molecule has 19 heavy (non-hydrogen) atoms. The van der Waals surface area contributed by atoms with Crippen molar-refractivity contribution in [2.75, 3.05) is 13.1 Å². The van der Waals surface area contributed by atoms with Crippen LogP contribution in [-0.2, 0) is 13.2 Å². The van der Waals surface area contributed by atoms with Gasteiger partial charge in [0, 0.05) is 20.1 Å².